The molecule has 3 nitrogen and oxygen atoms in total. The minimum absolute atomic E-state index is 0.0246. The summed E-state index contributed by atoms with van der Waals surface area (Å²) in [6, 6.07) is 18.7. The number of rotatable bonds is 6. The Hall–Kier alpha value is -2.33. The predicted molar refractivity (Wildman–Crippen MR) is 111 cm³/mol. The number of carbonyl (C=O) groups excluding carboxylic acids is 1. The van der Waals surface area contributed by atoms with Gasteiger partial charge in [0.05, 0.1) is 0 Å². The average Bonchev–Trinajstić information content (AvgIpc) is 3.34. The van der Waals surface area contributed by atoms with E-state index in [2.05, 4.69) is 54.8 Å². The molecule has 1 aliphatic rings. The fraction of sp³-hybridized carbons (Fsp3) is 0.348. The number of thiophene rings is 1. The van der Waals surface area contributed by atoms with Crippen molar-refractivity contribution in [2.45, 2.75) is 44.6 Å². The third-order valence-corrected chi connectivity index (χ3v) is 7.50. The molecule has 2 aromatic carbocycles. The molecule has 1 fully saturated rings. The molecule has 1 aliphatic carbocycles. The smallest absolute Gasteiger partial charge is 0.344 e. The van der Waals surface area contributed by atoms with E-state index in [1.807, 2.05) is 12.1 Å². The maximum Gasteiger partial charge on any atom is 0.344 e. The van der Waals surface area contributed by atoms with E-state index in [0.29, 0.717) is 5.75 Å². The summed E-state index contributed by atoms with van der Waals surface area (Å²) in [6.07, 6.45) is 5.11. The Kier molecular flexibility index (Phi) is 5.17. The number of benzene rings is 2. The monoisotopic (exact) mass is 381 g/mol. The first-order valence-corrected chi connectivity index (χ1v) is 10.9. The minimum atomic E-state index is -0.266. The maximum atomic E-state index is 12.2. The van der Waals surface area contributed by atoms with Gasteiger partial charge in [-0.1, -0.05) is 19.1 Å². The first-order chi connectivity index (χ1) is 13.2. The molecule has 0 radical (unpaired) electrons. The zero-order valence-electron chi connectivity index (χ0n) is 15.6. The van der Waals surface area contributed by atoms with Crippen molar-refractivity contribution in [2.75, 3.05) is 6.61 Å². The molecule has 0 aliphatic heterocycles. The lowest BCUT2D eigenvalue weighted by Crippen LogP contribution is -2.33. The Bertz CT molecular complexity index is 920. The van der Waals surface area contributed by atoms with E-state index in [-0.39, 0.29) is 28.6 Å². The lowest BCUT2D eigenvalue weighted by molar-refractivity contribution is -0.162. The molecular weight excluding hydrogens is 356 g/mol. The number of ether oxygens (including phenoxy) is 2. The summed E-state index contributed by atoms with van der Waals surface area (Å²) in [5.74, 6) is 0.435. The third-order valence-electron chi connectivity index (χ3n) is 5.46. The molecule has 0 amide bonds. The highest BCUT2D eigenvalue weighted by molar-refractivity contribution is 7.43. The van der Waals surface area contributed by atoms with Crippen LogP contribution in [0.15, 0.2) is 60.0 Å². The van der Waals surface area contributed by atoms with Crippen LogP contribution in [0.1, 0.15) is 39.0 Å². The molecule has 1 saturated carbocycles. The zero-order chi connectivity index (χ0) is 18.7. The average molecular weight is 382 g/mol. The van der Waals surface area contributed by atoms with Gasteiger partial charge >= 0.3 is 5.97 Å². The van der Waals surface area contributed by atoms with E-state index in [9.17, 15) is 4.79 Å². The summed E-state index contributed by atoms with van der Waals surface area (Å²) in [7, 11) is -0.0246. The van der Waals surface area contributed by atoms with E-state index >= 15 is 0 Å². The summed E-state index contributed by atoms with van der Waals surface area (Å²) in [5.41, 5.74) is -0.256. The molecule has 4 rings (SSSR count). The lowest BCUT2D eigenvalue weighted by Gasteiger charge is -2.27. The molecule has 0 N–H and O–H groups in total. The highest BCUT2D eigenvalue weighted by Gasteiger charge is 2.35. The highest BCUT2D eigenvalue weighted by atomic mass is 32.2. The summed E-state index contributed by atoms with van der Waals surface area (Å²) < 4.78 is 12.8. The first-order valence-electron chi connectivity index (χ1n) is 9.64. The van der Waals surface area contributed by atoms with Gasteiger partial charge in [0, 0.05) is 34.1 Å². The number of esters is 1. The van der Waals surface area contributed by atoms with Gasteiger partial charge in [0.25, 0.3) is 0 Å². The van der Waals surface area contributed by atoms with E-state index in [4.69, 9.17) is 9.47 Å². The second-order valence-electron chi connectivity index (χ2n) is 7.16. The number of carbonyl (C=O) groups is 1. The van der Waals surface area contributed by atoms with E-state index in [0.717, 1.165) is 32.1 Å². The summed E-state index contributed by atoms with van der Waals surface area (Å²) >= 11 is 0. The van der Waals surface area contributed by atoms with Crippen molar-refractivity contribution in [3.8, 4) is 10.6 Å². The SMILES string of the molecule is CCC1(OC(=O)COc2ccc(-[s+]3ccc4ccccc43)cc2)CCCC1. The van der Waals surface area contributed by atoms with Crippen molar-refractivity contribution in [1.29, 1.82) is 0 Å². The fourth-order valence-electron chi connectivity index (χ4n) is 3.88. The Balaban J connectivity index is 1.39. The van der Waals surface area contributed by atoms with Crippen LogP contribution in [0, 0.1) is 0 Å². The van der Waals surface area contributed by atoms with Gasteiger partial charge in [-0.3, -0.25) is 0 Å². The van der Waals surface area contributed by atoms with Gasteiger partial charge in [-0.05, 0) is 56.4 Å². The Morgan fingerprint density at radius 1 is 1.04 bits per heavy atom. The van der Waals surface area contributed by atoms with Gasteiger partial charge in [-0.15, -0.1) is 0 Å². The fourth-order valence-corrected chi connectivity index (χ4v) is 5.77. The first kappa shape index (κ1) is 18.1. The second kappa shape index (κ2) is 7.73. The quantitative estimate of drug-likeness (QED) is 0.375. The van der Waals surface area contributed by atoms with Crippen molar-refractivity contribution in [3.05, 3.63) is 60.0 Å². The molecule has 0 saturated heterocycles. The van der Waals surface area contributed by atoms with Crippen LogP contribution in [0.25, 0.3) is 15.0 Å². The van der Waals surface area contributed by atoms with E-state index in [1.165, 1.54) is 15.0 Å². The molecule has 0 bridgehead atoms. The second-order valence-corrected chi connectivity index (χ2v) is 9.02. The van der Waals surface area contributed by atoms with Crippen molar-refractivity contribution < 1.29 is 14.3 Å². The Labute approximate surface area is 162 Å². The third kappa shape index (κ3) is 3.86. The van der Waals surface area contributed by atoms with E-state index in [1.54, 1.807) is 0 Å². The van der Waals surface area contributed by atoms with Crippen LogP contribution in [0.4, 0.5) is 0 Å². The largest absolute Gasteiger partial charge is 0.482 e. The summed E-state index contributed by atoms with van der Waals surface area (Å²) in [6.45, 7) is 2.06. The van der Waals surface area contributed by atoms with Crippen LogP contribution in [0.3, 0.4) is 0 Å². The number of hydrogen-bond acceptors (Lipinski definition) is 3. The summed E-state index contributed by atoms with van der Waals surface area (Å²) in [5, 5.41) is 3.55. The van der Waals surface area contributed by atoms with Gasteiger partial charge in [-0.25, -0.2) is 4.79 Å². The van der Waals surface area contributed by atoms with Crippen molar-refractivity contribution >= 4 is 26.5 Å². The minimum Gasteiger partial charge on any atom is -0.482 e. The molecule has 27 heavy (non-hydrogen) atoms. The Morgan fingerprint density at radius 3 is 2.52 bits per heavy atom. The number of fused-ring (bicyclic) bond motifs is 1. The van der Waals surface area contributed by atoms with Crippen LogP contribution < -0.4 is 4.74 Å². The molecule has 4 heteroatoms. The molecule has 3 aromatic rings. The molecule has 1 atom stereocenters. The van der Waals surface area contributed by atoms with Gasteiger partial charge in [0.2, 0.25) is 0 Å². The van der Waals surface area contributed by atoms with Crippen LogP contribution in [0.2, 0.25) is 0 Å². The molecule has 0 spiro atoms. The van der Waals surface area contributed by atoms with E-state index < -0.39 is 0 Å². The van der Waals surface area contributed by atoms with Crippen molar-refractivity contribution in [1.82, 2.24) is 0 Å². The lowest BCUT2D eigenvalue weighted by atomic mass is 9.99. The maximum absolute atomic E-state index is 12.2. The molecule has 140 valence electrons. The highest BCUT2D eigenvalue weighted by Crippen LogP contribution is 2.40. The summed E-state index contributed by atoms with van der Waals surface area (Å²) in [4.78, 5) is 13.4. The molecule has 1 aromatic heterocycles. The van der Waals surface area contributed by atoms with Gasteiger partial charge < -0.3 is 9.47 Å². The Morgan fingerprint density at radius 2 is 1.78 bits per heavy atom. The van der Waals surface area contributed by atoms with Gasteiger partial charge in [-0.2, -0.15) is 0 Å². The van der Waals surface area contributed by atoms with Crippen LogP contribution in [-0.4, -0.2) is 18.2 Å². The predicted octanol–water partition coefficient (Wildman–Crippen LogP) is 6.22. The van der Waals surface area contributed by atoms with Gasteiger partial charge in [0.1, 0.15) is 16.7 Å². The van der Waals surface area contributed by atoms with Gasteiger partial charge in [0.15, 0.2) is 16.2 Å². The molecular formula is C23H25O3S+. The topological polar surface area (TPSA) is 35.5 Å². The van der Waals surface area contributed by atoms with Crippen LogP contribution >= 0.6 is 10.5 Å². The standard InChI is InChI=1S/C23H25O3S/c1-2-23(14-5-6-15-23)26-22(24)17-25-19-9-11-20(12-10-19)27-16-13-18-7-3-4-8-21(18)27/h3-4,7-13,16H,2,5-6,14-15,17H2,1H3/q+1. The molecule has 1 unspecified atom stereocenters. The van der Waals surface area contributed by atoms with Crippen molar-refractivity contribution in [3.63, 3.8) is 0 Å². The number of hydrogen-bond donors (Lipinski definition) is 0. The van der Waals surface area contributed by atoms with Crippen LogP contribution in [-0.2, 0) is 9.53 Å². The zero-order valence-corrected chi connectivity index (χ0v) is 16.5. The molecule has 1 heterocycles. The normalized spacial score (nSPS) is 16.4. The van der Waals surface area contributed by atoms with Crippen LogP contribution in [0.5, 0.6) is 5.75 Å². The van der Waals surface area contributed by atoms with Crippen molar-refractivity contribution in [2.24, 2.45) is 0 Å².